The van der Waals surface area contributed by atoms with Gasteiger partial charge in [-0.1, -0.05) is 0 Å². The van der Waals surface area contributed by atoms with E-state index in [9.17, 15) is 9.59 Å². The van der Waals surface area contributed by atoms with Crippen LogP contribution in [0.2, 0.25) is 0 Å². The molecule has 1 aromatic rings. The van der Waals surface area contributed by atoms with Gasteiger partial charge in [0.25, 0.3) is 0 Å². The van der Waals surface area contributed by atoms with Crippen molar-refractivity contribution in [3.05, 3.63) is 28.2 Å². The number of hydrogen-bond acceptors (Lipinski definition) is 3. The van der Waals surface area contributed by atoms with Gasteiger partial charge in [0.2, 0.25) is 0 Å². The van der Waals surface area contributed by atoms with Gasteiger partial charge in [0.1, 0.15) is 0 Å². The molecule has 0 aliphatic carbocycles. The molecule has 1 fully saturated rings. The van der Waals surface area contributed by atoms with Gasteiger partial charge in [-0.05, 0) is 41.1 Å². The molecule has 1 heterocycles. The van der Waals surface area contributed by atoms with E-state index in [4.69, 9.17) is 5.11 Å². The smallest absolute Gasteiger partial charge is 0.335 e. The number of urea groups is 1. The van der Waals surface area contributed by atoms with Crippen molar-refractivity contribution in [2.75, 3.05) is 23.4 Å². The maximum Gasteiger partial charge on any atom is 0.335 e. The molecule has 1 saturated heterocycles. The van der Waals surface area contributed by atoms with E-state index in [0.717, 1.165) is 18.1 Å². The minimum absolute atomic E-state index is 0.151. The van der Waals surface area contributed by atoms with E-state index in [0.29, 0.717) is 10.2 Å². The molecule has 0 spiro atoms. The Labute approximate surface area is 129 Å². The summed E-state index contributed by atoms with van der Waals surface area (Å²) in [6.45, 7) is 2.75. The monoisotopic (exact) mass is 358 g/mol. The van der Waals surface area contributed by atoms with Gasteiger partial charge >= 0.3 is 12.0 Å². The molecule has 20 heavy (non-hydrogen) atoms. The average Bonchev–Trinajstić information content (AvgIpc) is 2.41. The second kappa shape index (κ2) is 6.49. The number of amides is 2. The fourth-order valence-electron chi connectivity index (χ4n) is 1.97. The van der Waals surface area contributed by atoms with Gasteiger partial charge < -0.3 is 15.3 Å². The number of carbonyl (C=O) groups excluding carboxylic acids is 1. The highest BCUT2D eigenvalue weighted by Crippen LogP contribution is 2.25. The van der Waals surface area contributed by atoms with Crippen LogP contribution in [0.3, 0.4) is 0 Å². The second-order valence-electron chi connectivity index (χ2n) is 4.55. The molecule has 2 rings (SSSR count). The minimum atomic E-state index is -0.995. The molecule has 2 N–H and O–H groups in total. The van der Waals surface area contributed by atoms with E-state index in [1.54, 1.807) is 11.0 Å². The van der Waals surface area contributed by atoms with Crippen LogP contribution in [0.15, 0.2) is 22.7 Å². The molecular formula is C13H15BrN2O3S. The summed E-state index contributed by atoms with van der Waals surface area (Å²) < 4.78 is 0.560. The van der Waals surface area contributed by atoms with Crippen molar-refractivity contribution in [2.45, 2.75) is 13.0 Å². The fraction of sp³-hybridized carbons (Fsp3) is 0.385. The number of hydrogen-bond donors (Lipinski definition) is 2. The maximum absolute atomic E-state index is 12.2. The third kappa shape index (κ3) is 3.46. The Bertz CT molecular complexity index is 538. The first-order valence-corrected chi connectivity index (χ1v) is 8.12. The van der Waals surface area contributed by atoms with Crippen LogP contribution in [0.4, 0.5) is 10.5 Å². The molecule has 0 bridgehead atoms. The van der Waals surface area contributed by atoms with Gasteiger partial charge in [0.15, 0.2) is 0 Å². The van der Waals surface area contributed by atoms with Crippen LogP contribution in [-0.2, 0) is 0 Å². The Balaban J connectivity index is 2.09. The van der Waals surface area contributed by atoms with Gasteiger partial charge in [-0.3, -0.25) is 0 Å². The number of nitrogens with zero attached hydrogens (tertiary/aromatic N) is 1. The number of nitrogens with one attached hydrogen (secondary N) is 1. The van der Waals surface area contributed by atoms with Gasteiger partial charge in [0, 0.05) is 28.6 Å². The summed E-state index contributed by atoms with van der Waals surface area (Å²) in [5, 5.41) is 11.7. The standard InChI is InChI=1S/C13H15BrN2O3S/c1-8-7-20-5-4-16(8)13(19)15-11-3-2-9(12(17)18)6-10(11)14/h2-3,6,8H,4-5,7H2,1H3,(H,15,19)(H,17,18). The lowest BCUT2D eigenvalue weighted by atomic mass is 10.2. The zero-order chi connectivity index (χ0) is 14.7. The number of aromatic carboxylic acids is 1. The SMILES string of the molecule is CC1CSCCN1C(=O)Nc1ccc(C(=O)O)cc1Br. The molecule has 1 aliphatic rings. The summed E-state index contributed by atoms with van der Waals surface area (Å²) >= 11 is 5.12. The Hall–Kier alpha value is -1.21. The topological polar surface area (TPSA) is 69.6 Å². The van der Waals surface area contributed by atoms with Crippen LogP contribution in [0.5, 0.6) is 0 Å². The van der Waals surface area contributed by atoms with E-state index in [1.807, 2.05) is 18.7 Å². The van der Waals surface area contributed by atoms with Crippen molar-refractivity contribution in [1.29, 1.82) is 0 Å². The second-order valence-corrected chi connectivity index (χ2v) is 6.55. The summed E-state index contributed by atoms with van der Waals surface area (Å²) in [5.74, 6) is 0.883. The number of carboxylic acids is 1. The van der Waals surface area contributed by atoms with Crippen molar-refractivity contribution in [1.82, 2.24) is 4.90 Å². The highest BCUT2D eigenvalue weighted by molar-refractivity contribution is 9.10. The summed E-state index contributed by atoms with van der Waals surface area (Å²) in [5.41, 5.74) is 0.753. The van der Waals surface area contributed by atoms with Crippen LogP contribution in [0.1, 0.15) is 17.3 Å². The molecule has 1 atom stereocenters. The van der Waals surface area contributed by atoms with Crippen molar-refractivity contribution < 1.29 is 14.7 Å². The van der Waals surface area contributed by atoms with E-state index in [1.165, 1.54) is 12.1 Å². The predicted octanol–water partition coefficient (Wildman–Crippen LogP) is 3.12. The average molecular weight is 359 g/mol. The molecular weight excluding hydrogens is 344 g/mol. The number of anilines is 1. The number of thioether (sulfide) groups is 1. The largest absolute Gasteiger partial charge is 0.478 e. The van der Waals surface area contributed by atoms with Crippen molar-refractivity contribution >= 4 is 45.4 Å². The number of benzene rings is 1. The molecule has 108 valence electrons. The molecule has 5 nitrogen and oxygen atoms in total. The number of halogens is 1. The summed E-state index contributed by atoms with van der Waals surface area (Å²) in [4.78, 5) is 24.9. The fourth-order valence-corrected chi connectivity index (χ4v) is 3.46. The summed E-state index contributed by atoms with van der Waals surface area (Å²) in [7, 11) is 0. The number of rotatable bonds is 2. The van der Waals surface area contributed by atoms with Gasteiger partial charge in [-0.2, -0.15) is 11.8 Å². The molecule has 1 aromatic carbocycles. The van der Waals surface area contributed by atoms with Crippen LogP contribution in [-0.4, -0.2) is 46.1 Å². The summed E-state index contributed by atoms with van der Waals surface area (Å²) in [6.07, 6.45) is 0. The lowest BCUT2D eigenvalue weighted by Gasteiger charge is -2.33. The van der Waals surface area contributed by atoms with Crippen molar-refractivity contribution in [3.8, 4) is 0 Å². The number of carboxylic acid groups (broad SMARTS) is 1. The maximum atomic E-state index is 12.2. The molecule has 0 radical (unpaired) electrons. The van der Waals surface area contributed by atoms with Crippen LogP contribution >= 0.6 is 27.7 Å². The number of carbonyl (C=O) groups is 2. The van der Waals surface area contributed by atoms with E-state index < -0.39 is 5.97 Å². The zero-order valence-electron chi connectivity index (χ0n) is 10.9. The Kier molecular flexibility index (Phi) is 4.93. The summed E-state index contributed by atoms with van der Waals surface area (Å²) in [6, 6.07) is 4.59. The molecule has 2 amide bonds. The Morgan fingerprint density at radius 1 is 1.50 bits per heavy atom. The Morgan fingerprint density at radius 2 is 2.25 bits per heavy atom. The zero-order valence-corrected chi connectivity index (χ0v) is 13.3. The normalized spacial score (nSPS) is 18.7. The first-order chi connectivity index (χ1) is 9.49. The lowest BCUT2D eigenvalue weighted by Crippen LogP contribution is -2.46. The molecule has 1 aliphatic heterocycles. The molecule has 0 aromatic heterocycles. The molecule has 0 saturated carbocycles. The van der Waals surface area contributed by atoms with Gasteiger partial charge in [-0.25, -0.2) is 9.59 Å². The van der Waals surface area contributed by atoms with Crippen LogP contribution < -0.4 is 5.32 Å². The third-order valence-electron chi connectivity index (χ3n) is 3.09. The minimum Gasteiger partial charge on any atom is -0.478 e. The predicted molar refractivity (Wildman–Crippen MR) is 83.6 cm³/mol. The first-order valence-electron chi connectivity index (χ1n) is 6.17. The van der Waals surface area contributed by atoms with E-state index in [2.05, 4.69) is 21.2 Å². The van der Waals surface area contributed by atoms with Crippen molar-refractivity contribution in [2.24, 2.45) is 0 Å². The highest BCUT2D eigenvalue weighted by Gasteiger charge is 2.24. The van der Waals surface area contributed by atoms with Gasteiger partial charge in [0.05, 0.1) is 11.3 Å². The quantitative estimate of drug-likeness (QED) is 0.851. The van der Waals surface area contributed by atoms with E-state index in [-0.39, 0.29) is 17.6 Å². The third-order valence-corrected chi connectivity index (χ3v) is 4.93. The Morgan fingerprint density at radius 3 is 2.85 bits per heavy atom. The molecule has 1 unspecified atom stereocenters. The first kappa shape index (κ1) is 15.2. The van der Waals surface area contributed by atoms with Gasteiger partial charge in [-0.15, -0.1) is 0 Å². The van der Waals surface area contributed by atoms with E-state index >= 15 is 0 Å². The highest BCUT2D eigenvalue weighted by atomic mass is 79.9. The molecule has 7 heteroatoms. The van der Waals surface area contributed by atoms with Crippen molar-refractivity contribution in [3.63, 3.8) is 0 Å². The lowest BCUT2D eigenvalue weighted by molar-refractivity contribution is 0.0697. The van der Waals surface area contributed by atoms with Crippen LogP contribution in [0, 0.1) is 0 Å². The van der Waals surface area contributed by atoms with Crippen LogP contribution in [0.25, 0.3) is 0 Å².